The van der Waals surface area contributed by atoms with Crippen molar-refractivity contribution in [2.45, 2.75) is 24.0 Å². The second-order valence-corrected chi connectivity index (χ2v) is 7.62. The van der Waals surface area contributed by atoms with Gasteiger partial charge in [0.05, 0.1) is 27.5 Å². The normalized spacial score (nSPS) is 25.4. The second-order valence-electron chi connectivity index (χ2n) is 4.43. The Kier molecular flexibility index (Phi) is 6.63. The smallest absolute Gasteiger partial charge is 0.148 e. The molecule has 1 aliphatic rings. The molecule has 1 aromatic carbocycles. The maximum Gasteiger partial charge on any atom is 0.148 e. The molecule has 3 unspecified atom stereocenters. The summed E-state index contributed by atoms with van der Waals surface area (Å²) in [5.74, 6) is 0.766. The van der Waals surface area contributed by atoms with Gasteiger partial charge in [-0.15, -0.1) is 11.6 Å². The van der Waals surface area contributed by atoms with Gasteiger partial charge < -0.3 is 14.2 Å². The summed E-state index contributed by atoms with van der Waals surface area (Å²) < 4.78 is 19.4. The van der Waals surface area contributed by atoms with Gasteiger partial charge in [0.2, 0.25) is 0 Å². The molecule has 1 aliphatic carbocycles. The fourth-order valence-electron chi connectivity index (χ4n) is 1.91. The van der Waals surface area contributed by atoms with Gasteiger partial charge in [-0.3, -0.25) is 0 Å². The van der Waals surface area contributed by atoms with E-state index < -0.39 is 0 Å². The van der Waals surface area contributed by atoms with Gasteiger partial charge in [-0.1, -0.05) is 15.9 Å². The van der Waals surface area contributed by atoms with Crippen molar-refractivity contribution in [2.24, 2.45) is 0 Å². The summed E-state index contributed by atoms with van der Waals surface area (Å²) in [7, 11) is 1.65. The minimum atomic E-state index is -0.103. The van der Waals surface area contributed by atoms with Gasteiger partial charge >= 0.3 is 0 Å². The first-order valence-corrected chi connectivity index (χ1v) is 8.90. The van der Waals surface area contributed by atoms with Crippen LogP contribution in [0.2, 0.25) is 0 Å². The number of halogens is 4. The minimum Gasteiger partial charge on any atom is -0.485 e. The number of benzene rings is 1. The van der Waals surface area contributed by atoms with Crippen LogP contribution in [0.25, 0.3) is 0 Å². The lowest BCUT2D eigenvalue weighted by atomic mass is 9.91. The molecule has 1 fully saturated rings. The Balaban J connectivity index is 1.99. The Morgan fingerprint density at radius 2 is 1.85 bits per heavy atom. The van der Waals surface area contributed by atoms with Crippen LogP contribution in [0.1, 0.15) is 6.42 Å². The number of alkyl halides is 1. The van der Waals surface area contributed by atoms with Crippen molar-refractivity contribution < 1.29 is 14.2 Å². The summed E-state index contributed by atoms with van der Waals surface area (Å²) in [5, 5.41) is -0.00939. The van der Waals surface area contributed by atoms with E-state index in [1.54, 1.807) is 7.11 Å². The third kappa shape index (κ3) is 4.11. The zero-order chi connectivity index (χ0) is 14.7. The Hall–Kier alpha value is 0.670. The van der Waals surface area contributed by atoms with E-state index in [2.05, 4.69) is 47.8 Å². The van der Waals surface area contributed by atoms with E-state index in [0.717, 1.165) is 25.6 Å². The molecule has 1 saturated carbocycles. The Morgan fingerprint density at radius 1 is 1.20 bits per heavy atom. The summed E-state index contributed by atoms with van der Waals surface area (Å²) in [6.07, 6.45) is 0.631. The molecule has 0 heterocycles. The third-order valence-electron chi connectivity index (χ3n) is 3.01. The zero-order valence-corrected chi connectivity index (χ0v) is 16.3. The largest absolute Gasteiger partial charge is 0.485 e. The molecule has 0 N–H and O–H groups in total. The number of ether oxygens (including phenoxy) is 3. The van der Waals surface area contributed by atoms with Crippen molar-refractivity contribution in [1.82, 2.24) is 0 Å². The van der Waals surface area contributed by atoms with Crippen LogP contribution in [0.5, 0.6) is 5.75 Å². The van der Waals surface area contributed by atoms with Crippen LogP contribution < -0.4 is 4.74 Å². The number of methoxy groups -OCH3 is 1. The predicted octanol–water partition coefficient (Wildman–Crippen LogP) is 4.76. The maximum absolute atomic E-state index is 6.18. The Bertz CT molecular complexity index is 449. The highest BCUT2D eigenvalue weighted by Crippen LogP contribution is 2.40. The molecular formula is C13H14Br3ClO3. The van der Waals surface area contributed by atoms with Crippen LogP contribution in [-0.4, -0.2) is 37.9 Å². The molecular weight excluding hydrogens is 479 g/mol. The van der Waals surface area contributed by atoms with Gasteiger partial charge in [-0.25, -0.2) is 0 Å². The topological polar surface area (TPSA) is 27.7 Å². The lowest BCUT2D eigenvalue weighted by molar-refractivity contribution is -0.0902. The molecule has 3 atom stereocenters. The predicted molar refractivity (Wildman–Crippen MR) is 89.8 cm³/mol. The van der Waals surface area contributed by atoms with E-state index in [9.17, 15) is 0 Å². The number of hydrogen-bond donors (Lipinski definition) is 0. The van der Waals surface area contributed by atoms with E-state index in [4.69, 9.17) is 25.8 Å². The molecule has 0 aromatic heterocycles. The summed E-state index contributed by atoms with van der Waals surface area (Å²) in [6.45, 7) is 1.07. The highest BCUT2D eigenvalue weighted by atomic mass is 79.9. The maximum atomic E-state index is 6.18. The molecule has 0 saturated heterocycles. The third-order valence-corrected chi connectivity index (χ3v) is 5.07. The molecule has 0 bridgehead atoms. The first-order chi connectivity index (χ1) is 9.52. The van der Waals surface area contributed by atoms with Crippen LogP contribution in [0.3, 0.4) is 0 Å². The molecule has 0 radical (unpaired) electrons. The highest BCUT2D eigenvalue weighted by molar-refractivity contribution is 9.11. The van der Waals surface area contributed by atoms with Gasteiger partial charge in [0.15, 0.2) is 0 Å². The van der Waals surface area contributed by atoms with Gasteiger partial charge in [-0.05, 0) is 44.0 Å². The van der Waals surface area contributed by atoms with E-state index in [1.165, 1.54) is 0 Å². The molecule has 20 heavy (non-hydrogen) atoms. The molecule has 1 aromatic rings. The molecule has 0 aliphatic heterocycles. The van der Waals surface area contributed by atoms with Crippen LogP contribution in [0, 0.1) is 0 Å². The van der Waals surface area contributed by atoms with Crippen molar-refractivity contribution in [2.75, 3.05) is 20.3 Å². The highest BCUT2D eigenvalue weighted by Gasteiger charge is 2.43. The van der Waals surface area contributed by atoms with Gasteiger partial charge in [0.1, 0.15) is 18.0 Å². The second kappa shape index (κ2) is 7.79. The lowest BCUT2D eigenvalue weighted by Gasteiger charge is -2.40. The zero-order valence-electron chi connectivity index (χ0n) is 10.7. The minimum absolute atomic E-state index is 0.00939. The van der Waals surface area contributed by atoms with Gasteiger partial charge in [-0.2, -0.15) is 0 Å². The molecule has 0 spiro atoms. The van der Waals surface area contributed by atoms with Crippen LogP contribution >= 0.6 is 59.4 Å². The molecule has 112 valence electrons. The first kappa shape index (κ1) is 17.0. The van der Waals surface area contributed by atoms with Crippen molar-refractivity contribution in [3.8, 4) is 5.75 Å². The average molecular weight is 493 g/mol. The first-order valence-electron chi connectivity index (χ1n) is 6.08. The summed E-state index contributed by atoms with van der Waals surface area (Å²) >= 11 is 16.6. The summed E-state index contributed by atoms with van der Waals surface area (Å²) in [5.41, 5.74) is 0. The Morgan fingerprint density at radius 3 is 2.40 bits per heavy atom. The van der Waals surface area contributed by atoms with E-state index in [0.29, 0.717) is 13.2 Å². The summed E-state index contributed by atoms with van der Waals surface area (Å²) in [6, 6.07) is 3.88. The van der Waals surface area contributed by atoms with E-state index in [-0.39, 0.29) is 17.6 Å². The fourth-order valence-corrected chi connectivity index (χ4v) is 4.77. The van der Waals surface area contributed by atoms with Gasteiger partial charge in [0, 0.05) is 18.0 Å². The van der Waals surface area contributed by atoms with Gasteiger partial charge in [0.25, 0.3) is 0 Å². The molecule has 3 nitrogen and oxygen atoms in total. The van der Waals surface area contributed by atoms with Crippen molar-refractivity contribution in [3.05, 3.63) is 25.6 Å². The Labute approximate surface area is 148 Å². The molecule has 0 amide bonds. The van der Waals surface area contributed by atoms with E-state index >= 15 is 0 Å². The molecule has 2 rings (SSSR count). The lowest BCUT2D eigenvalue weighted by Crippen LogP contribution is -2.53. The number of hydrogen-bond acceptors (Lipinski definition) is 3. The van der Waals surface area contributed by atoms with E-state index in [1.807, 2.05) is 12.1 Å². The van der Waals surface area contributed by atoms with Crippen LogP contribution in [0.15, 0.2) is 25.6 Å². The van der Waals surface area contributed by atoms with Crippen molar-refractivity contribution in [3.63, 3.8) is 0 Å². The van der Waals surface area contributed by atoms with Crippen LogP contribution in [0.4, 0.5) is 0 Å². The number of rotatable bonds is 6. The quantitative estimate of drug-likeness (QED) is 0.423. The fraction of sp³-hybridized carbons (Fsp3) is 0.538. The monoisotopic (exact) mass is 490 g/mol. The van der Waals surface area contributed by atoms with Crippen molar-refractivity contribution >= 4 is 59.4 Å². The SMILES string of the molecule is COCCOC1C(Cl)CC1Oc1c(Br)cc(Br)cc1Br. The molecule has 7 heteroatoms. The van der Waals surface area contributed by atoms with Crippen LogP contribution in [-0.2, 0) is 9.47 Å². The standard InChI is InChI=1S/C13H14Br3ClO3/c1-18-2-3-19-13-10(17)6-11(13)20-12-8(15)4-7(14)5-9(12)16/h4-5,10-11,13H,2-3,6H2,1H3. The van der Waals surface area contributed by atoms with Crippen molar-refractivity contribution in [1.29, 1.82) is 0 Å². The summed E-state index contributed by atoms with van der Waals surface area (Å²) in [4.78, 5) is 0. The average Bonchev–Trinajstić information content (AvgIpc) is 2.37.